The van der Waals surface area contributed by atoms with E-state index in [0.29, 0.717) is 46.5 Å². The Balaban J connectivity index is 1.26. The molecule has 2 aromatic heterocycles. The van der Waals surface area contributed by atoms with Gasteiger partial charge in [0.25, 0.3) is 0 Å². The van der Waals surface area contributed by atoms with Crippen LogP contribution >= 0.6 is 0 Å². The maximum Gasteiger partial charge on any atom is 0.319 e. The van der Waals surface area contributed by atoms with Gasteiger partial charge in [-0.1, -0.05) is 30.3 Å². The topological polar surface area (TPSA) is 74.6 Å². The average molecular weight is 558 g/mol. The second kappa shape index (κ2) is 9.56. The molecule has 7 nitrogen and oxygen atoms in total. The Hall–Kier alpha value is -3.43. The average Bonchev–Trinajstić information content (AvgIpc) is 3.64. The van der Waals surface area contributed by atoms with Gasteiger partial charge in [0.2, 0.25) is 0 Å². The van der Waals surface area contributed by atoms with Crippen LogP contribution in [0, 0.1) is 17.6 Å². The standard InChI is InChI=1S/C32H33F2N5O2/c33-25-8-2-6-20-5-1-7-23(26(20)25)28-27(34)29-24(16-35-28)30(39-17-19-13-21(39)15-22(40)14-19)37-31(36-29)41-18-32-9-3-11-38(32)12-4-10-32/h1-2,5-8,16,19,21-22,40H,3-4,9-15,17-18H2. The van der Waals surface area contributed by atoms with Crippen LogP contribution in [0.4, 0.5) is 14.6 Å². The van der Waals surface area contributed by atoms with Crippen LogP contribution in [-0.4, -0.2) is 68.9 Å². The molecule has 9 heteroatoms. The van der Waals surface area contributed by atoms with Gasteiger partial charge in [0.1, 0.15) is 29.5 Å². The van der Waals surface area contributed by atoms with E-state index in [1.807, 2.05) is 12.1 Å². The van der Waals surface area contributed by atoms with Gasteiger partial charge in [-0.15, -0.1) is 0 Å². The van der Waals surface area contributed by atoms with Crippen molar-refractivity contribution < 1.29 is 18.6 Å². The Morgan fingerprint density at radius 1 is 1.00 bits per heavy atom. The first-order valence-electron chi connectivity index (χ1n) is 14.9. The molecular formula is C32H33F2N5O2. The van der Waals surface area contributed by atoms with E-state index < -0.39 is 11.6 Å². The second-order valence-electron chi connectivity index (χ2n) is 12.4. The summed E-state index contributed by atoms with van der Waals surface area (Å²) in [5.74, 6) is -0.0822. The zero-order valence-electron chi connectivity index (χ0n) is 22.9. The number of aliphatic hydroxyl groups is 1. The summed E-state index contributed by atoms with van der Waals surface area (Å²) in [6.07, 6.45) is 8.12. The van der Waals surface area contributed by atoms with E-state index in [0.717, 1.165) is 58.2 Å². The van der Waals surface area contributed by atoms with Crippen molar-refractivity contribution in [3.05, 3.63) is 54.2 Å². The van der Waals surface area contributed by atoms with Gasteiger partial charge in [0.15, 0.2) is 5.82 Å². The van der Waals surface area contributed by atoms with Crippen LogP contribution in [0.2, 0.25) is 0 Å². The van der Waals surface area contributed by atoms with Crippen molar-refractivity contribution in [2.24, 2.45) is 5.92 Å². The van der Waals surface area contributed by atoms with E-state index in [1.54, 1.807) is 24.4 Å². The summed E-state index contributed by atoms with van der Waals surface area (Å²) in [6, 6.07) is 10.4. The van der Waals surface area contributed by atoms with Gasteiger partial charge in [-0.05, 0) is 75.4 Å². The van der Waals surface area contributed by atoms with Crippen LogP contribution in [-0.2, 0) is 0 Å². The summed E-state index contributed by atoms with van der Waals surface area (Å²) >= 11 is 0. The number of pyridine rings is 1. The van der Waals surface area contributed by atoms with Crippen molar-refractivity contribution in [2.45, 2.75) is 62.6 Å². The zero-order chi connectivity index (χ0) is 27.7. The lowest BCUT2D eigenvalue weighted by atomic mass is 9.88. The molecule has 2 bridgehead atoms. The number of benzene rings is 2. The Morgan fingerprint density at radius 2 is 1.80 bits per heavy atom. The minimum atomic E-state index is -0.615. The predicted octanol–water partition coefficient (Wildman–Crippen LogP) is 5.48. The lowest BCUT2D eigenvalue weighted by Crippen LogP contribution is -2.43. The lowest BCUT2D eigenvalue weighted by Gasteiger charge is -2.31. The molecule has 3 atom stereocenters. The largest absolute Gasteiger partial charge is 0.461 e. The number of hydrogen-bond acceptors (Lipinski definition) is 7. The van der Waals surface area contributed by atoms with E-state index >= 15 is 4.39 Å². The molecule has 1 saturated carbocycles. The maximum absolute atomic E-state index is 16.5. The summed E-state index contributed by atoms with van der Waals surface area (Å²) in [7, 11) is 0. The molecule has 8 rings (SSSR count). The minimum Gasteiger partial charge on any atom is -0.461 e. The van der Waals surface area contributed by atoms with E-state index in [2.05, 4.69) is 19.8 Å². The molecule has 212 valence electrons. The number of aliphatic hydroxyl groups excluding tert-OH is 1. The third-order valence-corrected chi connectivity index (χ3v) is 9.96. The SMILES string of the molecule is OC1CC2CC(C1)N(c1nc(OCC34CCCN3CCC4)nc3c(F)c(-c4cccc5cccc(F)c45)ncc13)C2. The Labute approximate surface area is 237 Å². The fourth-order valence-corrected chi connectivity index (χ4v) is 8.11. The molecule has 0 radical (unpaired) electrons. The molecule has 4 fully saturated rings. The molecule has 0 amide bonds. The smallest absolute Gasteiger partial charge is 0.319 e. The first-order chi connectivity index (χ1) is 20.0. The van der Waals surface area contributed by atoms with Crippen LogP contribution < -0.4 is 9.64 Å². The van der Waals surface area contributed by atoms with Gasteiger partial charge >= 0.3 is 6.01 Å². The summed E-state index contributed by atoms with van der Waals surface area (Å²) in [4.78, 5) is 18.7. The van der Waals surface area contributed by atoms with E-state index in [4.69, 9.17) is 9.72 Å². The van der Waals surface area contributed by atoms with E-state index in [9.17, 15) is 9.50 Å². The quantitative estimate of drug-likeness (QED) is 0.348. The number of hydrogen-bond donors (Lipinski definition) is 1. The van der Waals surface area contributed by atoms with Crippen LogP contribution in [0.3, 0.4) is 0 Å². The molecule has 4 aromatic rings. The molecule has 5 heterocycles. The molecule has 3 unspecified atom stereocenters. The Bertz CT molecular complexity index is 1650. The van der Waals surface area contributed by atoms with E-state index in [1.165, 1.54) is 6.07 Å². The highest BCUT2D eigenvalue weighted by molar-refractivity contribution is 5.99. The van der Waals surface area contributed by atoms with Crippen molar-refractivity contribution in [1.29, 1.82) is 0 Å². The summed E-state index contributed by atoms with van der Waals surface area (Å²) in [5, 5.41) is 11.9. The molecular weight excluding hydrogens is 524 g/mol. The van der Waals surface area contributed by atoms with Gasteiger partial charge in [0.05, 0.1) is 17.0 Å². The maximum atomic E-state index is 16.5. The number of ether oxygens (including phenoxy) is 1. The van der Waals surface area contributed by atoms with Gasteiger partial charge in [-0.25, -0.2) is 8.78 Å². The van der Waals surface area contributed by atoms with Gasteiger partial charge in [-0.3, -0.25) is 9.88 Å². The number of fused-ring (bicyclic) bond motifs is 5. The number of nitrogens with zero attached hydrogens (tertiary/aromatic N) is 5. The zero-order valence-corrected chi connectivity index (χ0v) is 22.9. The molecule has 0 spiro atoms. The number of aromatic nitrogens is 3. The molecule has 1 aliphatic carbocycles. The minimum absolute atomic E-state index is 0.00475. The first kappa shape index (κ1) is 25.3. The van der Waals surface area contributed by atoms with Crippen LogP contribution in [0.25, 0.3) is 32.9 Å². The van der Waals surface area contributed by atoms with Crippen LogP contribution in [0.5, 0.6) is 6.01 Å². The number of halogens is 2. The third kappa shape index (κ3) is 4.07. The van der Waals surface area contributed by atoms with Crippen molar-refractivity contribution in [3.8, 4) is 17.3 Å². The monoisotopic (exact) mass is 557 g/mol. The van der Waals surface area contributed by atoms with Crippen molar-refractivity contribution in [3.63, 3.8) is 0 Å². The fraction of sp³-hybridized carbons (Fsp3) is 0.469. The molecule has 4 aliphatic rings. The highest BCUT2D eigenvalue weighted by Crippen LogP contribution is 2.43. The Morgan fingerprint density at radius 3 is 2.63 bits per heavy atom. The number of rotatable bonds is 5. The third-order valence-electron chi connectivity index (χ3n) is 9.96. The lowest BCUT2D eigenvalue weighted by molar-refractivity contribution is 0.107. The molecule has 2 aromatic carbocycles. The summed E-state index contributed by atoms with van der Waals surface area (Å²) in [6.45, 7) is 3.37. The molecule has 41 heavy (non-hydrogen) atoms. The molecule has 3 saturated heterocycles. The van der Waals surface area contributed by atoms with Crippen LogP contribution in [0.1, 0.15) is 44.9 Å². The van der Waals surface area contributed by atoms with Gasteiger partial charge in [-0.2, -0.15) is 9.97 Å². The fourth-order valence-electron chi connectivity index (χ4n) is 8.11. The first-order valence-corrected chi connectivity index (χ1v) is 14.9. The van der Waals surface area contributed by atoms with Crippen molar-refractivity contribution in [1.82, 2.24) is 19.9 Å². The molecule has 3 aliphatic heterocycles. The second-order valence-corrected chi connectivity index (χ2v) is 12.4. The highest BCUT2D eigenvalue weighted by atomic mass is 19.1. The highest BCUT2D eigenvalue weighted by Gasteiger charge is 2.45. The summed E-state index contributed by atoms with van der Waals surface area (Å²) in [5.41, 5.74) is 0.553. The van der Waals surface area contributed by atoms with Crippen molar-refractivity contribution in [2.75, 3.05) is 31.1 Å². The molecule has 1 N–H and O–H groups in total. The predicted molar refractivity (Wildman–Crippen MR) is 153 cm³/mol. The van der Waals surface area contributed by atoms with E-state index in [-0.39, 0.29) is 34.9 Å². The Kier molecular flexibility index (Phi) is 5.90. The van der Waals surface area contributed by atoms with Crippen molar-refractivity contribution >= 4 is 27.5 Å². The van der Waals surface area contributed by atoms with Crippen LogP contribution in [0.15, 0.2) is 42.6 Å². The number of anilines is 1. The van der Waals surface area contributed by atoms with Gasteiger partial charge < -0.3 is 14.7 Å². The summed E-state index contributed by atoms with van der Waals surface area (Å²) < 4.78 is 37.9. The normalized spacial score (nSPS) is 25.3. The van der Waals surface area contributed by atoms with Gasteiger partial charge in [0, 0.05) is 29.7 Å².